The molecule has 0 bridgehead atoms. The van der Waals surface area contributed by atoms with Gasteiger partial charge in [0.25, 0.3) is 5.69 Å². The van der Waals surface area contributed by atoms with Crippen LogP contribution in [0.5, 0.6) is 5.75 Å². The summed E-state index contributed by atoms with van der Waals surface area (Å²) < 4.78 is 5.20. The molecular weight excluding hydrogens is 456 g/mol. The van der Waals surface area contributed by atoms with E-state index in [4.69, 9.17) is 4.74 Å². The van der Waals surface area contributed by atoms with Gasteiger partial charge in [-0.15, -0.1) is 0 Å². The van der Waals surface area contributed by atoms with Crippen molar-refractivity contribution in [3.63, 3.8) is 0 Å². The van der Waals surface area contributed by atoms with Gasteiger partial charge in [0, 0.05) is 24.4 Å². The van der Waals surface area contributed by atoms with E-state index < -0.39 is 28.9 Å². The summed E-state index contributed by atoms with van der Waals surface area (Å²) in [7, 11) is 1.49. The molecule has 11 heteroatoms. The van der Waals surface area contributed by atoms with Crippen LogP contribution in [0.3, 0.4) is 0 Å². The molecule has 1 heterocycles. The number of hydrogen-bond donors (Lipinski definition) is 2. The minimum absolute atomic E-state index is 0.0532. The number of carboxylic acids is 1. The molecule has 0 radical (unpaired) electrons. The molecule has 35 heavy (non-hydrogen) atoms. The molecule has 0 aromatic heterocycles. The van der Waals surface area contributed by atoms with E-state index in [1.54, 1.807) is 30.3 Å². The number of ketones is 1. The average molecular weight is 482 g/mol. The average Bonchev–Trinajstić information content (AvgIpc) is 2.84. The Labute approximate surface area is 201 Å². The first-order valence-electron chi connectivity index (χ1n) is 10.9. The summed E-state index contributed by atoms with van der Waals surface area (Å²) in [5.74, 6) is -2.00. The van der Waals surface area contributed by atoms with Gasteiger partial charge in [-0.25, -0.2) is 9.79 Å². The SMILES string of the molecule is COc1ccccc1C(=O)CNCCCN1C(=O)N=C(C)C(C(=O)O)C1c1cccc([N+](=O)[O-])c1. The Balaban J connectivity index is 1.71. The predicted octanol–water partition coefficient (Wildman–Crippen LogP) is 3.10. The first kappa shape index (κ1) is 25.5. The van der Waals surface area contributed by atoms with Gasteiger partial charge in [0.1, 0.15) is 11.7 Å². The number of nitro groups is 1. The van der Waals surface area contributed by atoms with E-state index in [2.05, 4.69) is 10.3 Å². The zero-order valence-corrected chi connectivity index (χ0v) is 19.3. The second kappa shape index (κ2) is 11.3. The van der Waals surface area contributed by atoms with Gasteiger partial charge >= 0.3 is 12.0 Å². The molecule has 2 aromatic rings. The van der Waals surface area contributed by atoms with Crippen molar-refractivity contribution in [1.29, 1.82) is 0 Å². The van der Waals surface area contributed by atoms with Crippen LogP contribution in [0.4, 0.5) is 10.5 Å². The number of rotatable bonds is 11. The van der Waals surface area contributed by atoms with Crippen LogP contribution in [-0.2, 0) is 4.79 Å². The smallest absolute Gasteiger partial charge is 0.344 e. The minimum Gasteiger partial charge on any atom is -0.496 e. The fraction of sp³-hybridized carbons (Fsp3) is 0.333. The first-order valence-corrected chi connectivity index (χ1v) is 10.9. The molecule has 11 nitrogen and oxygen atoms in total. The lowest BCUT2D eigenvalue weighted by Crippen LogP contribution is -2.47. The quantitative estimate of drug-likeness (QED) is 0.215. The summed E-state index contributed by atoms with van der Waals surface area (Å²) in [5, 5.41) is 24.1. The molecule has 0 spiro atoms. The number of carboxylic acid groups (broad SMARTS) is 1. The molecule has 2 atom stereocenters. The summed E-state index contributed by atoms with van der Waals surface area (Å²) in [5.41, 5.74) is 0.730. The van der Waals surface area contributed by atoms with E-state index in [1.165, 1.54) is 37.1 Å². The van der Waals surface area contributed by atoms with E-state index in [1.807, 2.05) is 0 Å². The van der Waals surface area contributed by atoms with Crippen molar-refractivity contribution in [3.05, 3.63) is 69.8 Å². The van der Waals surface area contributed by atoms with Gasteiger partial charge in [-0.3, -0.25) is 19.7 Å². The maximum atomic E-state index is 12.7. The Morgan fingerprint density at radius 3 is 2.66 bits per heavy atom. The highest BCUT2D eigenvalue weighted by atomic mass is 16.6. The number of amides is 2. The lowest BCUT2D eigenvalue weighted by atomic mass is 9.86. The summed E-state index contributed by atoms with van der Waals surface area (Å²) in [6, 6.07) is 10.9. The van der Waals surface area contributed by atoms with Gasteiger partial charge in [-0.1, -0.05) is 24.3 Å². The second-order valence-electron chi connectivity index (χ2n) is 8.00. The van der Waals surface area contributed by atoms with Crippen LogP contribution in [0.1, 0.15) is 35.3 Å². The van der Waals surface area contributed by atoms with Crippen LogP contribution >= 0.6 is 0 Å². The van der Waals surface area contributed by atoms with Gasteiger partial charge < -0.3 is 20.1 Å². The highest BCUT2D eigenvalue weighted by molar-refractivity contribution is 6.07. The van der Waals surface area contributed by atoms with E-state index in [0.717, 1.165) is 0 Å². The molecular formula is C24H26N4O7. The zero-order valence-electron chi connectivity index (χ0n) is 19.3. The molecule has 0 saturated carbocycles. The molecule has 0 fully saturated rings. The molecule has 3 rings (SSSR count). The fourth-order valence-electron chi connectivity index (χ4n) is 4.10. The Kier molecular flexibility index (Phi) is 8.26. The van der Waals surface area contributed by atoms with Crippen LogP contribution < -0.4 is 10.1 Å². The molecule has 2 amide bonds. The van der Waals surface area contributed by atoms with E-state index >= 15 is 0 Å². The zero-order chi connectivity index (χ0) is 25.5. The van der Waals surface area contributed by atoms with Crippen LogP contribution in [0.2, 0.25) is 0 Å². The van der Waals surface area contributed by atoms with E-state index in [0.29, 0.717) is 29.8 Å². The molecule has 1 aliphatic rings. The number of nitrogens with zero attached hydrogens (tertiary/aromatic N) is 3. The normalized spacial score (nSPS) is 17.6. The number of carbonyl (C=O) groups excluding carboxylic acids is 2. The lowest BCUT2D eigenvalue weighted by molar-refractivity contribution is -0.385. The summed E-state index contributed by atoms with van der Waals surface area (Å²) in [6.45, 7) is 2.02. The molecule has 1 aliphatic heterocycles. The molecule has 2 aromatic carbocycles. The predicted molar refractivity (Wildman–Crippen MR) is 127 cm³/mol. The third-order valence-electron chi connectivity index (χ3n) is 5.75. The summed E-state index contributed by atoms with van der Waals surface area (Å²) >= 11 is 0. The maximum Gasteiger partial charge on any atom is 0.344 e. The minimum atomic E-state index is -1.18. The van der Waals surface area contributed by atoms with Crippen molar-refractivity contribution in [2.75, 3.05) is 26.7 Å². The van der Waals surface area contributed by atoms with Gasteiger partial charge in [0.15, 0.2) is 5.78 Å². The number of nitrogens with one attached hydrogen (secondary N) is 1. The Morgan fingerprint density at radius 1 is 1.23 bits per heavy atom. The molecule has 184 valence electrons. The van der Waals surface area contributed by atoms with Gasteiger partial charge in [0.2, 0.25) is 0 Å². The van der Waals surface area contributed by atoms with Crippen molar-refractivity contribution in [2.24, 2.45) is 10.9 Å². The van der Waals surface area contributed by atoms with Crippen LogP contribution in [0, 0.1) is 16.0 Å². The number of carbonyl (C=O) groups is 3. The third-order valence-corrected chi connectivity index (χ3v) is 5.75. The number of non-ortho nitro benzene ring substituents is 1. The lowest BCUT2D eigenvalue weighted by Gasteiger charge is -2.37. The monoisotopic (exact) mass is 482 g/mol. The summed E-state index contributed by atoms with van der Waals surface area (Å²) in [4.78, 5) is 53.1. The molecule has 2 N–H and O–H groups in total. The summed E-state index contributed by atoms with van der Waals surface area (Å²) in [6.07, 6.45) is 0.400. The van der Waals surface area contributed by atoms with Crippen LogP contribution in [0.25, 0.3) is 0 Å². The number of hydrogen-bond acceptors (Lipinski definition) is 7. The number of nitro benzene ring substituents is 1. The maximum absolute atomic E-state index is 12.7. The van der Waals surface area contributed by atoms with Crippen molar-refractivity contribution < 1.29 is 29.2 Å². The number of benzene rings is 2. The van der Waals surface area contributed by atoms with Crippen molar-refractivity contribution in [2.45, 2.75) is 19.4 Å². The number of aliphatic imine (C=N–C) groups is 1. The van der Waals surface area contributed by atoms with Crippen LogP contribution in [-0.4, -0.2) is 65.2 Å². The number of aliphatic carboxylic acids is 1. The van der Waals surface area contributed by atoms with Crippen molar-refractivity contribution >= 4 is 29.2 Å². The number of urea groups is 1. The van der Waals surface area contributed by atoms with Gasteiger partial charge in [0.05, 0.1) is 30.2 Å². The molecule has 2 unspecified atom stereocenters. The fourth-order valence-corrected chi connectivity index (χ4v) is 4.10. The number of methoxy groups -OCH3 is 1. The molecule has 0 saturated heterocycles. The van der Waals surface area contributed by atoms with Crippen LogP contribution in [0.15, 0.2) is 53.5 Å². The third kappa shape index (κ3) is 5.87. The van der Waals surface area contributed by atoms with Gasteiger partial charge in [-0.05, 0) is 37.6 Å². The van der Waals surface area contributed by atoms with Gasteiger partial charge in [-0.2, -0.15) is 0 Å². The topological polar surface area (TPSA) is 151 Å². The standard InChI is InChI=1S/C24H26N4O7/c1-15-21(23(30)31)22(16-7-5-8-17(13-16)28(33)34)27(24(32)26-15)12-6-11-25-14-19(29)18-9-3-4-10-20(18)35-2/h3-5,7-10,13,21-22,25H,6,11-12,14H2,1-2H3,(H,30,31). The number of para-hydroxylation sites is 1. The Hall–Kier alpha value is -4.12. The van der Waals surface area contributed by atoms with E-state index in [-0.39, 0.29) is 30.3 Å². The highest BCUT2D eigenvalue weighted by Crippen LogP contribution is 2.35. The number of Topliss-reactive ketones (excluding diaryl/α,β-unsaturated/α-hetero) is 1. The van der Waals surface area contributed by atoms with Crippen molar-refractivity contribution in [3.8, 4) is 5.75 Å². The largest absolute Gasteiger partial charge is 0.496 e. The Morgan fingerprint density at radius 2 is 1.97 bits per heavy atom. The van der Waals surface area contributed by atoms with E-state index in [9.17, 15) is 29.6 Å². The first-order chi connectivity index (χ1) is 16.7. The highest BCUT2D eigenvalue weighted by Gasteiger charge is 2.42. The molecule has 0 aliphatic carbocycles. The number of ether oxygens (including phenoxy) is 1. The Bertz CT molecular complexity index is 1160. The second-order valence-corrected chi connectivity index (χ2v) is 8.00. The van der Waals surface area contributed by atoms with Crippen molar-refractivity contribution in [1.82, 2.24) is 10.2 Å².